The van der Waals surface area contributed by atoms with Crippen molar-refractivity contribution in [2.45, 2.75) is 58.5 Å². The number of hydrogen-bond donors (Lipinski definition) is 4. The van der Waals surface area contributed by atoms with Gasteiger partial charge in [0.05, 0.1) is 0 Å². The highest BCUT2D eigenvalue weighted by Gasteiger charge is 2.27. The fourth-order valence-electron chi connectivity index (χ4n) is 4.92. The summed E-state index contributed by atoms with van der Waals surface area (Å²) in [6.07, 6.45) is 0.706. The number of carboxylic acid groups (broad SMARTS) is 2. The first-order chi connectivity index (χ1) is 20.7. The van der Waals surface area contributed by atoms with Gasteiger partial charge in [0.2, 0.25) is 0 Å². The third-order valence-corrected chi connectivity index (χ3v) is 7.30. The van der Waals surface area contributed by atoms with Crippen LogP contribution < -0.4 is 20.5 Å². The quantitative estimate of drug-likeness (QED) is 0.180. The average Bonchev–Trinajstić information content (AvgIpc) is 3.01. The van der Waals surface area contributed by atoms with Crippen LogP contribution in [0.1, 0.15) is 38.9 Å². The zero-order valence-corrected chi connectivity index (χ0v) is 25.7. The van der Waals surface area contributed by atoms with Gasteiger partial charge >= 0.3 is 11.9 Å². The molecule has 0 aliphatic carbocycles. The van der Waals surface area contributed by atoms with E-state index >= 15 is 0 Å². The second-order valence-corrected chi connectivity index (χ2v) is 10.6. The van der Waals surface area contributed by atoms with Crippen LogP contribution in [0, 0.1) is 13.8 Å². The first kappa shape index (κ1) is 34.1. The number of benzene rings is 4. The van der Waals surface area contributed by atoms with Crippen LogP contribution in [0.25, 0.3) is 0 Å². The Bertz CT molecular complexity index is 1530. The molecule has 44 heavy (non-hydrogen) atoms. The van der Waals surface area contributed by atoms with E-state index in [1.807, 2.05) is 105 Å². The zero-order chi connectivity index (χ0) is 30.8. The van der Waals surface area contributed by atoms with Crippen molar-refractivity contribution in [2.24, 2.45) is 5.73 Å². The SMILES string of the molecule is Cc1ccc2c(c1OCc1ccccc1)C[C@@H](C(=O)O)NC2.Cc1cccc(C[C@H](N)C(=O)O)c1OCc1ccccc1.Cl. The Balaban J connectivity index is 0.000000235. The van der Waals surface area contributed by atoms with Gasteiger partial charge in [0.1, 0.15) is 36.8 Å². The molecule has 0 saturated carbocycles. The number of halogens is 1. The summed E-state index contributed by atoms with van der Waals surface area (Å²) in [5.41, 5.74) is 12.8. The van der Waals surface area contributed by atoms with E-state index in [9.17, 15) is 14.7 Å². The van der Waals surface area contributed by atoms with E-state index in [4.69, 9.17) is 20.3 Å². The minimum absolute atomic E-state index is 0. The summed E-state index contributed by atoms with van der Waals surface area (Å²) in [6.45, 7) is 5.44. The smallest absolute Gasteiger partial charge is 0.321 e. The molecule has 1 heterocycles. The largest absolute Gasteiger partial charge is 0.488 e. The normalized spacial score (nSPS) is 14.1. The van der Waals surface area contributed by atoms with E-state index in [-0.39, 0.29) is 18.8 Å². The van der Waals surface area contributed by atoms with E-state index in [2.05, 4.69) is 5.32 Å². The molecule has 9 heteroatoms. The van der Waals surface area contributed by atoms with Crippen molar-refractivity contribution in [1.82, 2.24) is 5.32 Å². The lowest BCUT2D eigenvalue weighted by Crippen LogP contribution is -2.41. The van der Waals surface area contributed by atoms with Gasteiger partial charge in [-0.2, -0.15) is 0 Å². The van der Waals surface area contributed by atoms with Gasteiger partial charge in [-0.15, -0.1) is 12.4 Å². The molecule has 4 aromatic carbocycles. The Morgan fingerprint density at radius 3 is 1.95 bits per heavy atom. The van der Waals surface area contributed by atoms with E-state index < -0.39 is 24.0 Å². The molecule has 0 bridgehead atoms. The standard InChI is InChI=1S/C18H19NO3.C17H19NO3.ClH/c1-12-7-8-14-10-19-16(18(20)21)9-15(14)17(12)22-11-13-5-3-2-4-6-13;1-12-6-5-9-14(10-15(18)17(19)20)16(12)21-11-13-7-3-2-4-8-13;/h2-8,16,19H,9-11H2,1H3,(H,20,21);2-9,15H,10-11,18H2,1H3,(H,19,20);1H/t16-;15-;/m00./s1. The summed E-state index contributed by atoms with van der Waals surface area (Å²) >= 11 is 0. The number of fused-ring (bicyclic) bond motifs is 1. The molecule has 4 aromatic rings. The minimum Gasteiger partial charge on any atom is -0.488 e. The molecule has 1 aliphatic heterocycles. The Hall–Kier alpha value is -4.37. The van der Waals surface area contributed by atoms with Gasteiger partial charge in [0.25, 0.3) is 0 Å². The summed E-state index contributed by atoms with van der Waals surface area (Å²) < 4.78 is 11.9. The predicted molar refractivity (Wildman–Crippen MR) is 172 cm³/mol. The third kappa shape index (κ3) is 9.31. The molecule has 8 nitrogen and oxygen atoms in total. The molecule has 232 valence electrons. The lowest BCUT2D eigenvalue weighted by molar-refractivity contribution is -0.140. The first-order valence-corrected chi connectivity index (χ1v) is 14.2. The predicted octanol–water partition coefficient (Wildman–Crippen LogP) is 5.62. The molecular weight excluding hydrogens is 580 g/mol. The molecular formula is C35H39ClN2O6. The summed E-state index contributed by atoms with van der Waals surface area (Å²) in [5.74, 6) is -0.279. The monoisotopic (exact) mass is 618 g/mol. The number of hydrogen-bond acceptors (Lipinski definition) is 6. The summed E-state index contributed by atoms with van der Waals surface area (Å²) in [7, 11) is 0. The minimum atomic E-state index is -1.01. The van der Waals surface area contributed by atoms with Crippen molar-refractivity contribution in [3.63, 3.8) is 0 Å². The third-order valence-electron chi connectivity index (χ3n) is 7.30. The Labute approximate surface area is 264 Å². The molecule has 0 spiro atoms. The van der Waals surface area contributed by atoms with Crippen LogP contribution in [-0.2, 0) is 42.2 Å². The van der Waals surface area contributed by atoms with Gasteiger partial charge in [-0.25, -0.2) is 0 Å². The van der Waals surface area contributed by atoms with E-state index in [1.165, 1.54) is 0 Å². The first-order valence-electron chi connectivity index (χ1n) is 14.2. The highest BCUT2D eigenvalue weighted by molar-refractivity contribution is 5.85. The number of nitrogens with two attached hydrogens (primary N) is 1. The number of rotatable bonds is 10. The van der Waals surface area contributed by atoms with Gasteiger partial charge in [-0.3, -0.25) is 9.59 Å². The molecule has 5 rings (SSSR count). The van der Waals surface area contributed by atoms with Gasteiger partial charge in [-0.05, 0) is 47.2 Å². The van der Waals surface area contributed by atoms with Crippen molar-refractivity contribution in [2.75, 3.05) is 0 Å². The van der Waals surface area contributed by atoms with Crippen LogP contribution in [0.2, 0.25) is 0 Å². The number of aryl methyl sites for hydroxylation is 2. The molecule has 0 aromatic heterocycles. The Morgan fingerprint density at radius 2 is 1.39 bits per heavy atom. The lowest BCUT2D eigenvalue weighted by atomic mass is 9.93. The van der Waals surface area contributed by atoms with Crippen LogP contribution in [0.15, 0.2) is 91.0 Å². The molecule has 2 atom stereocenters. The molecule has 1 aliphatic rings. The number of ether oxygens (including phenoxy) is 2. The topological polar surface area (TPSA) is 131 Å². The summed E-state index contributed by atoms with van der Waals surface area (Å²) in [5, 5.41) is 21.2. The van der Waals surface area contributed by atoms with Gasteiger partial charge < -0.3 is 30.7 Å². The van der Waals surface area contributed by atoms with E-state index in [0.29, 0.717) is 26.2 Å². The van der Waals surface area contributed by atoms with Crippen molar-refractivity contribution in [3.05, 3.63) is 130 Å². The molecule has 0 saturated heterocycles. The molecule has 5 N–H and O–H groups in total. The highest BCUT2D eigenvalue weighted by Crippen LogP contribution is 2.31. The van der Waals surface area contributed by atoms with Crippen LogP contribution in [0.5, 0.6) is 11.5 Å². The number of nitrogens with one attached hydrogen (secondary N) is 1. The molecule has 0 unspecified atom stereocenters. The van der Waals surface area contributed by atoms with Crippen LogP contribution in [0.3, 0.4) is 0 Å². The van der Waals surface area contributed by atoms with Crippen molar-refractivity contribution < 1.29 is 29.3 Å². The molecule has 0 fully saturated rings. The Morgan fingerprint density at radius 1 is 0.818 bits per heavy atom. The second kappa shape index (κ2) is 16.5. The maximum absolute atomic E-state index is 11.2. The van der Waals surface area contributed by atoms with Crippen LogP contribution >= 0.6 is 12.4 Å². The van der Waals surface area contributed by atoms with Gasteiger partial charge in [0.15, 0.2) is 0 Å². The highest BCUT2D eigenvalue weighted by atomic mass is 35.5. The lowest BCUT2D eigenvalue weighted by Gasteiger charge is -2.26. The average molecular weight is 619 g/mol. The van der Waals surface area contributed by atoms with Crippen molar-refractivity contribution >= 4 is 24.3 Å². The van der Waals surface area contributed by atoms with Crippen LogP contribution in [-0.4, -0.2) is 34.2 Å². The fraction of sp³-hybridized carbons (Fsp3) is 0.257. The molecule has 0 radical (unpaired) electrons. The maximum atomic E-state index is 11.2. The van der Waals surface area contributed by atoms with E-state index in [1.54, 1.807) is 0 Å². The Kier molecular flexibility index (Phi) is 12.8. The van der Waals surface area contributed by atoms with Crippen LogP contribution in [0.4, 0.5) is 0 Å². The second-order valence-electron chi connectivity index (χ2n) is 10.6. The molecule has 0 amide bonds. The van der Waals surface area contributed by atoms with Gasteiger partial charge in [0, 0.05) is 24.9 Å². The van der Waals surface area contributed by atoms with Crippen molar-refractivity contribution in [1.29, 1.82) is 0 Å². The van der Waals surface area contributed by atoms with Gasteiger partial charge in [-0.1, -0.05) is 91.0 Å². The van der Waals surface area contributed by atoms with E-state index in [0.717, 1.165) is 50.4 Å². The zero-order valence-electron chi connectivity index (χ0n) is 24.9. The number of aliphatic carboxylic acids is 2. The maximum Gasteiger partial charge on any atom is 0.321 e. The fourth-order valence-corrected chi connectivity index (χ4v) is 4.92. The van der Waals surface area contributed by atoms with Crippen molar-refractivity contribution in [3.8, 4) is 11.5 Å². The number of para-hydroxylation sites is 1. The number of carboxylic acids is 2. The summed E-state index contributed by atoms with van der Waals surface area (Å²) in [4.78, 5) is 22.1. The summed E-state index contributed by atoms with van der Waals surface area (Å²) in [6, 6.07) is 28.1. The number of carbonyl (C=O) groups is 2.